The second kappa shape index (κ2) is 8.86. The highest BCUT2D eigenvalue weighted by Gasteiger charge is 2.17. The number of nitrogens with one attached hydrogen (secondary N) is 2. The Labute approximate surface area is 186 Å². The molecule has 9 nitrogen and oxygen atoms in total. The van der Waals surface area contributed by atoms with Crippen molar-refractivity contribution in [3.05, 3.63) is 93.9 Å². The van der Waals surface area contributed by atoms with E-state index in [-0.39, 0.29) is 16.6 Å². The molecule has 0 fully saturated rings. The van der Waals surface area contributed by atoms with Crippen LogP contribution in [-0.2, 0) is 0 Å². The number of carbonyl (C=O) groups is 2. The van der Waals surface area contributed by atoms with Gasteiger partial charge in [-0.05, 0) is 24.3 Å². The van der Waals surface area contributed by atoms with Gasteiger partial charge in [0.15, 0.2) is 0 Å². The minimum absolute atomic E-state index is 0.0198. The minimum Gasteiger partial charge on any atom is -0.495 e. The number of benzene rings is 2. The van der Waals surface area contributed by atoms with Crippen molar-refractivity contribution in [1.29, 1.82) is 0 Å². The first kappa shape index (κ1) is 21.0. The summed E-state index contributed by atoms with van der Waals surface area (Å²) >= 11 is 6.14. The second-order valence-electron chi connectivity index (χ2n) is 6.60. The van der Waals surface area contributed by atoms with Gasteiger partial charge in [-0.1, -0.05) is 29.8 Å². The average molecular weight is 450 g/mol. The molecule has 2 N–H and O–H groups in total. The zero-order valence-electron chi connectivity index (χ0n) is 16.7. The fourth-order valence-electron chi connectivity index (χ4n) is 3.08. The van der Waals surface area contributed by atoms with Crippen LogP contribution in [0.25, 0.3) is 10.8 Å². The largest absolute Gasteiger partial charge is 0.495 e. The van der Waals surface area contributed by atoms with Crippen LogP contribution in [0.5, 0.6) is 5.75 Å². The Balaban J connectivity index is 1.73. The van der Waals surface area contributed by atoms with Gasteiger partial charge in [-0.3, -0.25) is 24.8 Å². The van der Waals surface area contributed by atoms with Crippen LogP contribution in [0.4, 0.5) is 5.69 Å². The fourth-order valence-corrected chi connectivity index (χ4v) is 3.34. The predicted octanol–water partition coefficient (Wildman–Crippen LogP) is 3.09. The number of aromatic nitrogens is 3. The molecule has 0 saturated carbocycles. The predicted molar refractivity (Wildman–Crippen MR) is 120 cm³/mol. The smallest absolute Gasteiger partial charge is 0.290 e. The minimum atomic E-state index is -0.649. The van der Waals surface area contributed by atoms with E-state index in [1.165, 1.54) is 31.9 Å². The summed E-state index contributed by atoms with van der Waals surface area (Å²) in [5, 5.41) is 3.76. The van der Waals surface area contributed by atoms with Gasteiger partial charge in [0, 0.05) is 35.1 Å². The zero-order chi connectivity index (χ0) is 22.7. The van der Waals surface area contributed by atoms with Crippen LogP contribution in [0, 0.1) is 0 Å². The number of rotatable bonds is 5. The van der Waals surface area contributed by atoms with E-state index < -0.39 is 17.4 Å². The third-order valence-corrected chi connectivity index (χ3v) is 4.89. The summed E-state index contributed by atoms with van der Waals surface area (Å²) in [7, 11) is 1.49. The Kier molecular flexibility index (Phi) is 5.82. The number of carbonyl (C=O) groups excluding carboxylic acids is 2. The maximum atomic E-state index is 13.1. The molecule has 160 valence electrons. The molecule has 10 heteroatoms. The van der Waals surface area contributed by atoms with Crippen LogP contribution in [0.15, 0.2) is 72.0 Å². The highest BCUT2D eigenvalue weighted by Crippen LogP contribution is 2.27. The van der Waals surface area contributed by atoms with E-state index in [1.54, 1.807) is 42.5 Å². The molecule has 32 heavy (non-hydrogen) atoms. The normalized spacial score (nSPS) is 10.6. The molecule has 0 radical (unpaired) electrons. The van der Waals surface area contributed by atoms with Gasteiger partial charge in [-0.25, -0.2) is 9.66 Å². The number of fused-ring (bicyclic) bond motifs is 1. The molecule has 0 aliphatic heterocycles. The van der Waals surface area contributed by atoms with Crippen LogP contribution in [-0.4, -0.2) is 33.6 Å². The Hall–Kier alpha value is -4.24. The molecule has 0 unspecified atom stereocenters. The molecule has 2 aromatic heterocycles. The van der Waals surface area contributed by atoms with E-state index >= 15 is 0 Å². The molecular weight excluding hydrogens is 434 g/mol. The number of hydrogen-bond acceptors (Lipinski definition) is 6. The summed E-state index contributed by atoms with van der Waals surface area (Å²) in [6, 6.07) is 11.4. The lowest BCUT2D eigenvalue weighted by atomic mass is 10.1. The monoisotopic (exact) mass is 449 g/mol. The third-order valence-electron chi connectivity index (χ3n) is 4.60. The molecule has 0 aliphatic carbocycles. The lowest BCUT2D eigenvalue weighted by Gasteiger charge is -2.13. The van der Waals surface area contributed by atoms with Gasteiger partial charge >= 0.3 is 0 Å². The van der Waals surface area contributed by atoms with E-state index in [9.17, 15) is 14.4 Å². The van der Waals surface area contributed by atoms with Crippen molar-refractivity contribution in [1.82, 2.24) is 14.6 Å². The molecule has 2 aromatic carbocycles. The van der Waals surface area contributed by atoms with Crippen LogP contribution in [0.1, 0.15) is 20.8 Å². The van der Waals surface area contributed by atoms with Crippen molar-refractivity contribution in [3.8, 4) is 5.75 Å². The average Bonchev–Trinajstić information content (AvgIpc) is 2.81. The number of anilines is 1. The van der Waals surface area contributed by atoms with E-state index in [2.05, 4.69) is 20.7 Å². The molecule has 4 aromatic rings. The number of nitrogens with zero attached hydrogens (tertiary/aromatic N) is 3. The summed E-state index contributed by atoms with van der Waals surface area (Å²) in [6.45, 7) is 0. The molecule has 0 spiro atoms. The number of hydrogen-bond donors (Lipinski definition) is 2. The first-order valence-electron chi connectivity index (χ1n) is 9.34. The fraction of sp³-hybridized carbons (Fsp3) is 0.0455. The quantitative estimate of drug-likeness (QED) is 0.483. The van der Waals surface area contributed by atoms with Crippen LogP contribution in [0.3, 0.4) is 0 Å². The topological polar surface area (TPSA) is 115 Å². The third kappa shape index (κ3) is 4.14. The number of halogens is 1. The maximum absolute atomic E-state index is 13.1. The van der Waals surface area contributed by atoms with E-state index in [4.69, 9.17) is 16.3 Å². The molecule has 0 aliphatic rings. The Morgan fingerprint density at radius 1 is 1.06 bits per heavy atom. The summed E-state index contributed by atoms with van der Waals surface area (Å²) in [5.74, 6) is -0.677. The van der Waals surface area contributed by atoms with Gasteiger partial charge in [0.1, 0.15) is 11.4 Å². The molecule has 0 saturated heterocycles. The molecule has 0 atom stereocenters. The van der Waals surface area contributed by atoms with Gasteiger partial charge in [-0.2, -0.15) is 0 Å². The second-order valence-corrected chi connectivity index (χ2v) is 7.01. The maximum Gasteiger partial charge on any atom is 0.290 e. The molecule has 2 heterocycles. The van der Waals surface area contributed by atoms with Gasteiger partial charge in [-0.15, -0.1) is 0 Å². The van der Waals surface area contributed by atoms with Crippen molar-refractivity contribution in [3.63, 3.8) is 0 Å². The Bertz CT molecular complexity index is 1390. The van der Waals surface area contributed by atoms with Crippen LogP contribution >= 0.6 is 11.6 Å². The molecule has 2 amide bonds. The SMILES string of the molecule is COc1ccc(NC(=O)c2cn(NC(=O)c3cnccn3)c(=O)c3ccccc23)cc1Cl. The standard InChI is InChI=1S/C22H16ClN5O4/c1-32-19-7-6-13(10-17(19)23)26-20(29)16-12-28(22(31)15-5-3-2-4-14(15)16)27-21(30)18-11-24-8-9-25-18/h2-12H,1H3,(H,26,29)(H,27,30). The molecule has 4 rings (SSSR count). The van der Waals surface area contributed by atoms with Crippen molar-refractivity contribution in [2.24, 2.45) is 0 Å². The number of pyridine rings is 1. The Morgan fingerprint density at radius 3 is 2.53 bits per heavy atom. The van der Waals surface area contributed by atoms with Gasteiger partial charge in [0.25, 0.3) is 17.4 Å². The summed E-state index contributed by atoms with van der Waals surface area (Å²) in [4.78, 5) is 46.2. The highest BCUT2D eigenvalue weighted by atomic mass is 35.5. The highest BCUT2D eigenvalue weighted by molar-refractivity contribution is 6.32. The van der Waals surface area contributed by atoms with Gasteiger partial charge in [0.2, 0.25) is 0 Å². The van der Waals surface area contributed by atoms with Crippen molar-refractivity contribution in [2.75, 3.05) is 17.9 Å². The molecule has 0 bridgehead atoms. The lowest BCUT2D eigenvalue weighted by Crippen LogP contribution is -2.34. The van der Waals surface area contributed by atoms with E-state index in [0.717, 1.165) is 4.68 Å². The first-order chi connectivity index (χ1) is 15.5. The summed E-state index contributed by atoms with van der Waals surface area (Å²) < 4.78 is 6.07. The van der Waals surface area contributed by atoms with Crippen molar-refractivity contribution >= 4 is 39.9 Å². The number of ether oxygens (including phenoxy) is 1. The lowest BCUT2D eigenvalue weighted by molar-refractivity contribution is 0.0995. The zero-order valence-corrected chi connectivity index (χ0v) is 17.5. The number of methoxy groups -OCH3 is 1. The van der Waals surface area contributed by atoms with Gasteiger partial charge < -0.3 is 10.1 Å². The summed E-state index contributed by atoms with van der Waals surface area (Å²) in [6.07, 6.45) is 5.31. The number of amides is 2. The van der Waals surface area contributed by atoms with Gasteiger partial charge in [0.05, 0.1) is 23.9 Å². The molecular formula is C22H16ClN5O4. The summed E-state index contributed by atoms with van der Waals surface area (Å²) in [5.41, 5.74) is 2.58. The Morgan fingerprint density at radius 2 is 1.84 bits per heavy atom. The van der Waals surface area contributed by atoms with Crippen LogP contribution < -0.4 is 21.0 Å². The van der Waals surface area contributed by atoms with Crippen molar-refractivity contribution in [2.45, 2.75) is 0 Å². The van der Waals surface area contributed by atoms with Crippen LogP contribution in [0.2, 0.25) is 5.02 Å². The first-order valence-corrected chi connectivity index (χ1v) is 9.72. The van der Waals surface area contributed by atoms with Crippen molar-refractivity contribution < 1.29 is 14.3 Å². The van der Waals surface area contributed by atoms with E-state index in [0.29, 0.717) is 21.8 Å². The van der Waals surface area contributed by atoms with E-state index in [1.807, 2.05) is 0 Å².